The smallest absolute Gasteiger partial charge is 0.336 e. The topological polar surface area (TPSA) is 106 Å². The summed E-state index contributed by atoms with van der Waals surface area (Å²) in [5, 5.41) is -0.851. The molecular weight excluding hydrogens is 345 g/mol. The molecule has 0 saturated carbocycles. The molecule has 0 atom stereocenters. The van der Waals surface area contributed by atoms with Crippen molar-refractivity contribution in [2.75, 3.05) is 14.2 Å². The van der Waals surface area contributed by atoms with Gasteiger partial charge in [0.05, 0.1) is 24.9 Å². The Labute approximate surface area is 146 Å². The highest BCUT2D eigenvalue weighted by Gasteiger charge is 2.47. The second-order valence-corrected chi connectivity index (χ2v) is 7.67. The van der Waals surface area contributed by atoms with Gasteiger partial charge in [-0.1, -0.05) is 13.8 Å². The normalized spacial score (nSPS) is 12.2. The molecule has 0 fully saturated rings. The minimum atomic E-state index is -4.54. The van der Waals surface area contributed by atoms with Crippen LogP contribution in [-0.4, -0.2) is 35.3 Å². The molecule has 0 bridgehead atoms. The van der Waals surface area contributed by atoms with Gasteiger partial charge in [0, 0.05) is 11.5 Å². The molecule has 2 aromatic rings. The van der Waals surface area contributed by atoms with E-state index in [2.05, 4.69) is 4.98 Å². The first-order valence-corrected chi connectivity index (χ1v) is 9.47. The Morgan fingerprint density at radius 2 is 1.68 bits per heavy atom. The van der Waals surface area contributed by atoms with Gasteiger partial charge in [-0.05, 0) is 30.5 Å². The lowest BCUT2D eigenvalue weighted by atomic mass is 9.90. The van der Waals surface area contributed by atoms with E-state index in [4.69, 9.17) is 9.47 Å². The Morgan fingerprint density at radius 3 is 2.12 bits per heavy atom. The number of ether oxygens (including phenoxy) is 2. The molecule has 0 unspecified atom stereocenters. The summed E-state index contributed by atoms with van der Waals surface area (Å²) in [5.74, 6) is 0.927. The van der Waals surface area contributed by atoms with E-state index in [1.165, 1.54) is 14.2 Å². The van der Waals surface area contributed by atoms with Crippen LogP contribution in [0.25, 0.3) is 10.9 Å². The van der Waals surface area contributed by atoms with Gasteiger partial charge in [-0.2, -0.15) is 0 Å². The van der Waals surface area contributed by atoms with Gasteiger partial charge in [-0.3, -0.25) is 9.36 Å². The molecule has 7 nitrogen and oxygen atoms in total. The van der Waals surface area contributed by atoms with Gasteiger partial charge in [0.2, 0.25) is 0 Å². The number of aldehydes is 1. The summed E-state index contributed by atoms with van der Waals surface area (Å²) in [6.07, 6.45) is 0.880. The fourth-order valence-corrected chi connectivity index (χ4v) is 4.49. The number of hydrogen-bond acceptors (Lipinski definition) is 5. The number of carbonyl (C=O) groups excluding carboxylic acids is 1. The lowest BCUT2D eigenvalue weighted by molar-refractivity contribution is 0.111. The van der Waals surface area contributed by atoms with Crippen LogP contribution in [0.2, 0.25) is 0 Å². The number of methoxy groups -OCH3 is 2. The van der Waals surface area contributed by atoms with Crippen LogP contribution in [0.1, 0.15) is 42.7 Å². The Balaban J connectivity index is 2.88. The largest absolute Gasteiger partial charge is 0.493 e. The van der Waals surface area contributed by atoms with Gasteiger partial charge in [-0.15, -0.1) is 0 Å². The van der Waals surface area contributed by atoms with E-state index in [1.54, 1.807) is 32.0 Å². The summed E-state index contributed by atoms with van der Waals surface area (Å²) in [6.45, 7) is 3.38. The molecular formula is C17H22NO6P. The number of aromatic nitrogens is 1. The van der Waals surface area contributed by atoms with Crippen molar-refractivity contribution < 1.29 is 28.6 Å². The van der Waals surface area contributed by atoms with Gasteiger partial charge < -0.3 is 19.3 Å². The Bertz CT molecular complexity index is 841. The van der Waals surface area contributed by atoms with Crippen LogP contribution < -0.4 is 9.47 Å². The van der Waals surface area contributed by atoms with Crippen LogP contribution >= 0.6 is 7.60 Å². The number of fused-ring (bicyclic) bond motifs is 1. The van der Waals surface area contributed by atoms with Crippen molar-refractivity contribution >= 4 is 24.8 Å². The molecule has 1 aromatic heterocycles. The molecule has 8 heteroatoms. The highest BCUT2D eigenvalue weighted by atomic mass is 31.2. The third kappa shape index (κ3) is 3.15. The van der Waals surface area contributed by atoms with Crippen LogP contribution in [0.4, 0.5) is 0 Å². The summed E-state index contributed by atoms with van der Waals surface area (Å²) in [6, 6.07) is 4.91. The molecule has 0 saturated heterocycles. The molecule has 25 heavy (non-hydrogen) atoms. The maximum atomic E-state index is 12.2. The zero-order chi connectivity index (χ0) is 18.8. The van der Waals surface area contributed by atoms with Gasteiger partial charge in [-0.25, -0.2) is 4.98 Å². The number of rotatable bonds is 7. The molecule has 136 valence electrons. The van der Waals surface area contributed by atoms with E-state index in [-0.39, 0.29) is 24.1 Å². The molecule has 0 radical (unpaired) electrons. The molecule has 2 rings (SSSR count). The van der Waals surface area contributed by atoms with E-state index < -0.39 is 12.8 Å². The third-order valence-corrected chi connectivity index (χ3v) is 6.68. The average molecular weight is 367 g/mol. The zero-order valence-corrected chi connectivity index (χ0v) is 15.5. The molecule has 1 heterocycles. The highest BCUT2D eigenvalue weighted by molar-refractivity contribution is 7.53. The van der Waals surface area contributed by atoms with Crippen LogP contribution in [-0.2, 0) is 9.72 Å². The van der Waals surface area contributed by atoms with Crippen molar-refractivity contribution in [3.63, 3.8) is 0 Å². The maximum absolute atomic E-state index is 12.2. The quantitative estimate of drug-likeness (QED) is 0.571. The van der Waals surface area contributed by atoms with E-state index in [0.29, 0.717) is 28.7 Å². The summed E-state index contributed by atoms with van der Waals surface area (Å²) in [7, 11) is -1.55. The van der Waals surface area contributed by atoms with Gasteiger partial charge in [0.15, 0.2) is 17.8 Å². The van der Waals surface area contributed by atoms with Gasteiger partial charge >= 0.3 is 7.60 Å². The Hall–Kier alpha value is -1.95. The maximum Gasteiger partial charge on any atom is 0.336 e. The van der Waals surface area contributed by atoms with E-state index in [0.717, 1.165) is 0 Å². The zero-order valence-electron chi connectivity index (χ0n) is 14.6. The van der Waals surface area contributed by atoms with Crippen LogP contribution in [0.15, 0.2) is 18.2 Å². The fraction of sp³-hybridized carbons (Fsp3) is 0.412. The first-order valence-electron chi connectivity index (χ1n) is 7.86. The van der Waals surface area contributed by atoms with Gasteiger partial charge in [0.1, 0.15) is 5.69 Å². The minimum absolute atomic E-state index is 0.0201. The van der Waals surface area contributed by atoms with Crippen molar-refractivity contribution in [1.29, 1.82) is 0 Å². The molecule has 0 spiro atoms. The molecule has 2 N–H and O–H groups in total. The van der Waals surface area contributed by atoms with Crippen molar-refractivity contribution in [2.24, 2.45) is 0 Å². The second kappa shape index (κ2) is 7.12. The highest BCUT2D eigenvalue weighted by Crippen LogP contribution is 2.61. The standard InChI is InChI=1S/C17H22NO6P/c1-5-17(6-2,25(20,21)22)12-7-11-8-15(23-3)16(24-4)9-13(11)18-14(12)10-19/h7-10H,5-6H2,1-4H3,(H2,20,21,22). The summed E-state index contributed by atoms with van der Waals surface area (Å²) >= 11 is 0. The second-order valence-electron chi connectivity index (χ2n) is 5.72. The third-order valence-electron chi connectivity index (χ3n) is 4.69. The number of nitrogens with zero attached hydrogens (tertiary/aromatic N) is 1. The van der Waals surface area contributed by atoms with Crippen molar-refractivity contribution in [2.45, 2.75) is 31.8 Å². The molecule has 0 amide bonds. The number of benzene rings is 1. The average Bonchev–Trinajstić information content (AvgIpc) is 2.60. The van der Waals surface area contributed by atoms with Gasteiger partial charge in [0.25, 0.3) is 0 Å². The predicted octanol–water partition coefficient (Wildman–Crippen LogP) is 3.26. The fourth-order valence-electron chi connectivity index (χ4n) is 3.18. The number of carbonyl (C=O) groups is 1. The van der Waals surface area contributed by atoms with Crippen molar-refractivity contribution in [3.8, 4) is 11.5 Å². The van der Waals surface area contributed by atoms with Crippen molar-refractivity contribution in [3.05, 3.63) is 29.5 Å². The van der Waals surface area contributed by atoms with Crippen LogP contribution in [0.3, 0.4) is 0 Å². The summed E-state index contributed by atoms with van der Waals surface area (Å²) < 4.78 is 22.8. The lowest BCUT2D eigenvalue weighted by Gasteiger charge is -2.33. The Kier molecular flexibility index (Phi) is 5.52. The van der Waals surface area contributed by atoms with E-state index in [9.17, 15) is 19.1 Å². The molecule has 0 aliphatic carbocycles. The first-order chi connectivity index (χ1) is 11.8. The van der Waals surface area contributed by atoms with E-state index >= 15 is 0 Å². The number of hydrogen-bond donors (Lipinski definition) is 2. The lowest BCUT2D eigenvalue weighted by Crippen LogP contribution is -2.26. The minimum Gasteiger partial charge on any atom is -0.493 e. The Morgan fingerprint density at radius 1 is 1.12 bits per heavy atom. The first kappa shape index (κ1) is 19.4. The monoisotopic (exact) mass is 367 g/mol. The summed E-state index contributed by atoms with van der Waals surface area (Å²) in [5.41, 5.74) is 0.752. The molecule has 1 aromatic carbocycles. The van der Waals surface area contributed by atoms with E-state index in [1.807, 2.05) is 0 Å². The van der Waals surface area contributed by atoms with Crippen molar-refractivity contribution in [1.82, 2.24) is 4.98 Å². The molecule has 0 aliphatic heterocycles. The SMILES string of the molecule is CCC(CC)(c1cc2cc(OC)c(OC)cc2nc1C=O)P(=O)(O)O. The van der Waals surface area contributed by atoms with Crippen LogP contribution in [0.5, 0.6) is 11.5 Å². The molecule has 0 aliphatic rings. The number of pyridine rings is 1. The van der Waals surface area contributed by atoms with Crippen LogP contribution in [0, 0.1) is 0 Å². The summed E-state index contributed by atoms with van der Waals surface area (Å²) in [4.78, 5) is 35.8. The predicted molar refractivity (Wildman–Crippen MR) is 94.5 cm³/mol.